The lowest BCUT2D eigenvalue weighted by atomic mass is 10.1. The van der Waals surface area contributed by atoms with Crippen LogP contribution in [0.25, 0.3) is 0 Å². The van der Waals surface area contributed by atoms with E-state index in [9.17, 15) is 18.0 Å². The SMILES string of the molecule is CC[C@@H](C(=O)NCC(C)C)N(CCc1ccccc1)C(=O)CN(c1ccc(Cl)cc1)S(=O)(=O)c1ccc(OC)cc1. The zero-order valence-electron chi connectivity index (χ0n) is 23.9. The average Bonchev–Trinajstić information content (AvgIpc) is 2.97. The second-order valence-corrected chi connectivity index (χ2v) is 12.3. The summed E-state index contributed by atoms with van der Waals surface area (Å²) in [7, 11) is -2.68. The van der Waals surface area contributed by atoms with E-state index in [1.54, 1.807) is 36.4 Å². The fourth-order valence-corrected chi connectivity index (χ4v) is 5.87. The van der Waals surface area contributed by atoms with E-state index < -0.39 is 28.5 Å². The normalized spacial score (nSPS) is 12.0. The second kappa shape index (κ2) is 14.9. The summed E-state index contributed by atoms with van der Waals surface area (Å²) in [6, 6.07) is 21.1. The summed E-state index contributed by atoms with van der Waals surface area (Å²) in [5, 5.41) is 3.36. The average molecular weight is 600 g/mol. The Balaban J connectivity index is 1.99. The smallest absolute Gasteiger partial charge is 0.264 e. The number of nitrogens with one attached hydrogen (secondary N) is 1. The molecule has 10 heteroatoms. The van der Waals surface area contributed by atoms with E-state index in [0.717, 1.165) is 9.87 Å². The number of anilines is 1. The second-order valence-electron chi connectivity index (χ2n) is 10.0. The summed E-state index contributed by atoms with van der Waals surface area (Å²) in [4.78, 5) is 28.8. The molecule has 1 N–H and O–H groups in total. The van der Waals surface area contributed by atoms with Crippen LogP contribution >= 0.6 is 11.6 Å². The van der Waals surface area contributed by atoms with Crippen molar-refractivity contribution in [2.24, 2.45) is 5.92 Å². The van der Waals surface area contributed by atoms with Gasteiger partial charge in [-0.1, -0.05) is 62.7 Å². The molecule has 0 spiro atoms. The van der Waals surface area contributed by atoms with Crippen molar-refractivity contribution in [1.29, 1.82) is 0 Å². The molecule has 0 heterocycles. The molecule has 220 valence electrons. The molecular weight excluding hydrogens is 562 g/mol. The Morgan fingerprint density at radius 3 is 2.15 bits per heavy atom. The number of sulfonamides is 1. The van der Waals surface area contributed by atoms with Crippen LogP contribution in [-0.2, 0) is 26.0 Å². The van der Waals surface area contributed by atoms with Crippen LogP contribution in [0.1, 0.15) is 32.8 Å². The minimum Gasteiger partial charge on any atom is -0.497 e. The van der Waals surface area contributed by atoms with Crippen LogP contribution in [0.15, 0.2) is 83.8 Å². The first-order valence-corrected chi connectivity index (χ1v) is 15.4. The molecule has 0 aliphatic rings. The van der Waals surface area contributed by atoms with E-state index in [1.165, 1.54) is 24.1 Å². The van der Waals surface area contributed by atoms with Crippen molar-refractivity contribution in [3.63, 3.8) is 0 Å². The van der Waals surface area contributed by atoms with Gasteiger partial charge in [-0.2, -0.15) is 0 Å². The van der Waals surface area contributed by atoms with Crippen molar-refractivity contribution < 1.29 is 22.7 Å². The van der Waals surface area contributed by atoms with Gasteiger partial charge in [-0.3, -0.25) is 13.9 Å². The molecule has 0 saturated carbocycles. The summed E-state index contributed by atoms with van der Waals surface area (Å²) < 4.78 is 34.0. The van der Waals surface area contributed by atoms with Crippen molar-refractivity contribution in [2.75, 3.05) is 31.0 Å². The number of carbonyl (C=O) groups is 2. The Bertz CT molecular complexity index is 1380. The van der Waals surface area contributed by atoms with Gasteiger partial charge in [0.2, 0.25) is 11.8 Å². The molecule has 0 bridgehead atoms. The van der Waals surface area contributed by atoms with Gasteiger partial charge in [0.1, 0.15) is 18.3 Å². The Hall–Kier alpha value is -3.56. The van der Waals surface area contributed by atoms with E-state index in [4.69, 9.17) is 16.3 Å². The maximum Gasteiger partial charge on any atom is 0.264 e. The standard InChI is InChI=1S/C31H38ClN3O5S/c1-5-29(31(37)33-21-23(2)3)34(20-19-24-9-7-6-8-10-24)30(36)22-35(26-13-11-25(32)12-14-26)41(38,39)28-17-15-27(40-4)16-18-28/h6-18,23,29H,5,19-22H2,1-4H3,(H,33,37)/t29-/m0/s1. The Labute approximate surface area is 248 Å². The van der Waals surface area contributed by atoms with Crippen LogP contribution in [0.4, 0.5) is 5.69 Å². The molecule has 8 nitrogen and oxygen atoms in total. The Morgan fingerprint density at radius 2 is 1.59 bits per heavy atom. The predicted molar refractivity (Wildman–Crippen MR) is 163 cm³/mol. The van der Waals surface area contributed by atoms with Crippen LogP contribution in [0.3, 0.4) is 0 Å². The molecule has 2 amide bonds. The van der Waals surface area contributed by atoms with Gasteiger partial charge in [-0.05, 0) is 72.9 Å². The van der Waals surface area contributed by atoms with Gasteiger partial charge in [0.25, 0.3) is 10.0 Å². The molecule has 1 atom stereocenters. The quantitative estimate of drug-likeness (QED) is 0.276. The van der Waals surface area contributed by atoms with Gasteiger partial charge in [0.05, 0.1) is 17.7 Å². The number of hydrogen-bond donors (Lipinski definition) is 1. The molecule has 0 unspecified atom stereocenters. The number of nitrogens with zero attached hydrogens (tertiary/aromatic N) is 2. The highest BCUT2D eigenvalue weighted by molar-refractivity contribution is 7.92. The van der Waals surface area contributed by atoms with Crippen LogP contribution < -0.4 is 14.4 Å². The third kappa shape index (κ3) is 8.71. The van der Waals surface area contributed by atoms with E-state index in [2.05, 4.69) is 5.32 Å². The molecule has 41 heavy (non-hydrogen) atoms. The first kappa shape index (κ1) is 32.0. The summed E-state index contributed by atoms with van der Waals surface area (Å²) in [5.41, 5.74) is 1.28. The molecule has 0 radical (unpaired) electrons. The van der Waals surface area contributed by atoms with Gasteiger partial charge in [-0.25, -0.2) is 8.42 Å². The molecule has 0 aromatic heterocycles. The molecular formula is C31H38ClN3O5S. The molecule has 3 rings (SSSR count). The number of halogens is 1. The fourth-order valence-electron chi connectivity index (χ4n) is 4.33. The predicted octanol–water partition coefficient (Wildman–Crippen LogP) is 5.17. The number of amides is 2. The first-order chi connectivity index (χ1) is 19.6. The van der Waals surface area contributed by atoms with E-state index in [1.807, 2.05) is 51.1 Å². The molecule has 0 saturated heterocycles. The van der Waals surface area contributed by atoms with Crippen molar-refractivity contribution in [2.45, 2.75) is 44.6 Å². The summed E-state index contributed by atoms with van der Waals surface area (Å²) in [6.07, 6.45) is 0.878. The highest BCUT2D eigenvalue weighted by atomic mass is 35.5. The van der Waals surface area contributed by atoms with Gasteiger partial charge in [0, 0.05) is 18.1 Å². The summed E-state index contributed by atoms with van der Waals surface area (Å²) >= 11 is 6.08. The highest BCUT2D eigenvalue weighted by Gasteiger charge is 2.33. The Morgan fingerprint density at radius 1 is 0.951 bits per heavy atom. The van der Waals surface area contributed by atoms with Gasteiger partial charge in [0.15, 0.2) is 0 Å². The van der Waals surface area contributed by atoms with Gasteiger partial charge < -0.3 is 15.0 Å². The lowest BCUT2D eigenvalue weighted by molar-refractivity contribution is -0.139. The molecule has 0 aliphatic carbocycles. The lowest BCUT2D eigenvalue weighted by Crippen LogP contribution is -2.53. The monoisotopic (exact) mass is 599 g/mol. The number of benzene rings is 3. The Kier molecular flexibility index (Phi) is 11.6. The zero-order chi connectivity index (χ0) is 30.0. The minimum absolute atomic E-state index is 0.00129. The van der Waals surface area contributed by atoms with E-state index >= 15 is 0 Å². The van der Waals surface area contributed by atoms with Gasteiger partial charge in [-0.15, -0.1) is 0 Å². The maximum atomic E-state index is 14.0. The van der Waals surface area contributed by atoms with Crippen molar-refractivity contribution in [3.05, 3.63) is 89.4 Å². The van der Waals surface area contributed by atoms with Crippen molar-refractivity contribution in [3.8, 4) is 5.75 Å². The highest BCUT2D eigenvalue weighted by Crippen LogP contribution is 2.27. The third-order valence-electron chi connectivity index (χ3n) is 6.60. The van der Waals surface area contributed by atoms with Gasteiger partial charge >= 0.3 is 0 Å². The van der Waals surface area contributed by atoms with Crippen LogP contribution in [0.5, 0.6) is 5.75 Å². The molecule has 3 aromatic carbocycles. The number of ether oxygens (including phenoxy) is 1. The summed E-state index contributed by atoms with van der Waals surface area (Å²) in [5.74, 6) is -0.0125. The third-order valence-corrected chi connectivity index (χ3v) is 8.64. The minimum atomic E-state index is -4.18. The van der Waals surface area contributed by atoms with E-state index in [-0.39, 0.29) is 29.0 Å². The van der Waals surface area contributed by atoms with Crippen molar-refractivity contribution >= 4 is 39.1 Å². The lowest BCUT2D eigenvalue weighted by Gasteiger charge is -2.33. The first-order valence-electron chi connectivity index (χ1n) is 13.6. The van der Waals surface area contributed by atoms with E-state index in [0.29, 0.717) is 30.2 Å². The summed E-state index contributed by atoms with van der Waals surface area (Å²) in [6.45, 7) is 6.04. The van der Waals surface area contributed by atoms with Crippen LogP contribution in [-0.4, -0.2) is 57.9 Å². The molecule has 0 aliphatic heterocycles. The largest absolute Gasteiger partial charge is 0.497 e. The van der Waals surface area contributed by atoms with Crippen molar-refractivity contribution in [1.82, 2.24) is 10.2 Å². The van der Waals surface area contributed by atoms with Crippen LogP contribution in [0, 0.1) is 5.92 Å². The molecule has 0 fully saturated rings. The topological polar surface area (TPSA) is 96.0 Å². The molecule has 3 aromatic rings. The number of carbonyl (C=O) groups excluding carboxylic acids is 2. The number of rotatable bonds is 14. The van der Waals surface area contributed by atoms with Crippen LogP contribution in [0.2, 0.25) is 5.02 Å². The maximum absolute atomic E-state index is 14.0. The zero-order valence-corrected chi connectivity index (χ0v) is 25.5. The number of methoxy groups -OCH3 is 1. The number of hydrogen-bond acceptors (Lipinski definition) is 5. The fraction of sp³-hybridized carbons (Fsp3) is 0.355.